The molecule has 0 aromatic heterocycles. The van der Waals surface area contributed by atoms with Crippen LogP contribution in [0, 0.1) is 0 Å². The van der Waals surface area contributed by atoms with Crippen LogP contribution in [0.15, 0.2) is 12.2 Å². The molecule has 0 aliphatic carbocycles. The fourth-order valence-electron chi connectivity index (χ4n) is 1.77. The van der Waals surface area contributed by atoms with Crippen molar-refractivity contribution in [3.8, 4) is 0 Å². The van der Waals surface area contributed by atoms with E-state index < -0.39 is 5.97 Å². The highest BCUT2D eigenvalue weighted by Crippen LogP contribution is 2.35. The molecule has 1 N–H and O–H groups in total. The molecule has 0 amide bonds. The van der Waals surface area contributed by atoms with Gasteiger partial charge in [-0.05, 0) is 32.1 Å². The van der Waals surface area contributed by atoms with Gasteiger partial charge in [0, 0.05) is 5.57 Å². The van der Waals surface area contributed by atoms with E-state index in [1.807, 2.05) is 0 Å². The van der Waals surface area contributed by atoms with Crippen LogP contribution in [0.2, 0.25) is 0 Å². The van der Waals surface area contributed by atoms with Crippen molar-refractivity contribution < 1.29 is 14.6 Å². The predicted molar refractivity (Wildman–Crippen MR) is 54.2 cm³/mol. The van der Waals surface area contributed by atoms with E-state index in [1.165, 1.54) is 0 Å². The maximum absolute atomic E-state index is 10.5. The Kier molecular flexibility index (Phi) is 3.69. The number of hydrogen-bond donors (Lipinski definition) is 1. The van der Waals surface area contributed by atoms with Crippen LogP contribution in [0.3, 0.4) is 0 Å². The summed E-state index contributed by atoms with van der Waals surface area (Å²) in [6.45, 7) is 6.47. The molecule has 0 bridgehead atoms. The van der Waals surface area contributed by atoms with Crippen molar-refractivity contribution in [2.45, 2.75) is 44.6 Å². The fraction of sp³-hybridized carbons (Fsp3) is 0.727. The summed E-state index contributed by atoms with van der Waals surface area (Å²) in [7, 11) is 0. The van der Waals surface area contributed by atoms with Gasteiger partial charge in [0.15, 0.2) is 0 Å². The van der Waals surface area contributed by atoms with E-state index in [9.17, 15) is 4.79 Å². The van der Waals surface area contributed by atoms with Gasteiger partial charge in [0.25, 0.3) is 0 Å². The van der Waals surface area contributed by atoms with E-state index in [2.05, 4.69) is 13.5 Å². The first-order chi connectivity index (χ1) is 6.59. The maximum atomic E-state index is 10.5. The third kappa shape index (κ3) is 2.58. The molecule has 1 atom stereocenters. The number of carboxylic acids is 1. The smallest absolute Gasteiger partial charge is 0.330 e. The zero-order valence-corrected chi connectivity index (χ0v) is 8.71. The quantitative estimate of drug-likeness (QED) is 0.666. The van der Waals surface area contributed by atoms with E-state index in [1.54, 1.807) is 0 Å². The number of hydrogen-bond acceptors (Lipinski definition) is 2. The van der Waals surface area contributed by atoms with Crippen molar-refractivity contribution >= 4 is 5.97 Å². The molecule has 0 saturated carbocycles. The fourth-order valence-corrected chi connectivity index (χ4v) is 1.77. The highest BCUT2D eigenvalue weighted by Gasteiger charge is 2.35. The van der Waals surface area contributed by atoms with Gasteiger partial charge in [-0.2, -0.15) is 0 Å². The van der Waals surface area contributed by atoms with Crippen molar-refractivity contribution in [3.63, 3.8) is 0 Å². The van der Waals surface area contributed by atoms with Crippen LogP contribution in [-0.2, 0) is 9.53 Å². The molecule has 3 heteroatoms. The number of carboxylic acid groups (broad SMARTS) is 1. The Labute approximate surface area is 84.8 Å². The Morgan fingerprint density at radius 2 is 2.29 bits per heavy atom. The molecule has 1 saturated heterocycles. The average molecular weight is 198 g/mol. The van der Waals surface area contributed by atoms with Gasteiger partial charge in [0.1, 0.15) is 0 Å². The normalized spacial score (nSPS) is 25.5. The summed E-state index contributed by atoms with van der Waals surface area (Å²) in [5, 5.41) is 8.61. The molecular formula is C11H18O3. The molecule has 0 aromatic rings. The second-order valence-electron chi connectivity index (χ2n) is 3.90. The number of aliphatic carboxylic acids is 1. The van der Waals surface area contributed by atoms with Gasteiger partial charge in [-0.15, -0.1) is 0 Å². The van der Waals surface area contributed by atoms with Crippen molar-refractivity contribution in [2.75, 3.05) is 6.61 Å². The van der Waals surface area contributed by atoms with Gasteiger partial charge in [-0.1, -0.05) is 13.5 Å². The van der Waals surface area contributed by atoms with E-state index in [-0.39, 0.29) is 5.60 Å². The molecule has 1 unspecified atom stereocenters. The van der Waals surface area contributed by atoms with E-state index in [4.69, 9.17) is 9.84 Å². The Bertz CT molecular complexity index is 223. The summed E-state index contributed by atoms with van der Waals surface area (Å²) in [6.07, 6.45) is 4.52. The largest absolute Gasteiger partial charge is 0.478 e. The third-order valence-electron chi connectivity index (χ3n) is 3.02. The molecule has 1 aliphatic heterocycles. The van der Waals surface area contributed by atoms with Gasteiger partial charge < -0.3 is 9.84 Å². The predicted octanol–water partition coefficient (Wildman–Crippen LogP) is 2.37. The summed E-state index contributed by atoms with van der Waals surface area (Å²) >= 11 is 0. The van der Waals surface area contributed by atoms with Gasteiger partial charge in [-0.3, -0.25) is 0 Å². The molecule has 1 heterocycles. The van der Waals surface area contributed by atoms with Gasteiger partial charge in [0.05, 0.1) is 12.2 Å². The molecular weight excluding hydrogens is 180 g/mol. The minimum absolute atomic E-state index is 0.0543. The second-order valence-corrected chi connectivity index (χ2v) is 3.90. The first kappa shape index (κ1) is 11.2. The number of rotatable bonds is 6. The lowest BCUT2D eigenvalue weighted by molar-refractivity contribution is -0.154. The SMILES string of the molecule is C=C(CCCC1(CC)CCO1)C(=O)O. The summed E-state index contributed by atoms with van der Waals surface area (Å²) in [5.74, 6) is -0.884. The number of carbonyl (C=O) groups is 1. The molecule has 14 heavy (non-hydrogen) atoms. The molecule has 0 aromatic carbocycles. The first-order valence-corrected chi connectivity index (χ1v) is 5.15. The summed E-state index contributed by atoms with van der Waals surface area (Å²) in [4.78, 5) is 10.5. The maximum Gasteiger partial charge on any atom is 0.330 e. The average Bonchev–Trinajstić information content (AvgIpc) is 2.09. The molecule has 1 fully saturated rings. The summed E-state index contributed by atoms with van der Waals surface area (Å²) in [5.41, 5.74) is 0.356. The first-order valence-electron chi connectivity index (χ1n) is 5.15. The van der Waals surface area contributed by atoms with E-state index in [0.29, 0.717) is 12.0 Å². The lowest BCUT2D eigenvalue weighted by Crippen LogP contribution is -2.42. The van der Waals surface area contributed by atoms with E-state index >= 15 is 0 Å². The van der Waals surface area contributed by atoms with Crippen molar-refractivity contribution in [3.05, 3.63) is 12.2 Å². The van der Waals surface area contributed by atoms with Gasteiger partial charge in [0.2, 0.25) is 0 Å². The third-order valence-corrected chi connectivity index (χ3v) is 3.02. The lowest BCUT2D eigenvalue weighted by Gasteiger charge is -2.41. The zero-order chi connectivity index (χ0) is 10.6. The Balaban J connectivity index is 2.20. The van der Waals surface area contributed by atoms with Gasteiger partial charge in [-0.25, -0.2) is 4.79 Å². The van der Waals surface area contributed by atoms with Crippen LogP contribution in [0.25, 0.3) is 0 Å². The number of ether oxygens (including phenoxy) is 1. The van der Waals surface area contributed by atoms with Crippen LogP contribution in [0.5, 0.6) is 0 Å². The zero-order valence-electron chi connectivity index (χ0n) is 8.71. The Morgan fingerprint density at radius 3 is 2.64 bits per heavy atom. The molecule has 80 valence electrons. The lowest BCUT2D eigenvalue weighted by atomic mass is 9.86. The topological polar surface area (TPSA) is 46.5 Å². The highest BCUT2D eigenvalue weighted by atomic mass is 16.5. The van der Waals surface area contributed by atoms with E-state index in [0.717, 1.165) is 32.3 Å². The monoisotopic (exact) mass is 198 g/mol. The Hall–Kier alpha value is -0.830. The van der Waals surface area contributed by atoms with Crippen molar-refractivity contribution in [1.29, 1.82) is 0 Å². The van der Waals surface area contributed by atoms with Crippen molar-refractivity contribution in [1.82, 2.24) is 0 Å². The van der Waals surface area contributed by atoms with Crippen LogP contribution in [0.4, 0.5) is 0 Å². The van der Waals surface area contributed by atoms with Crippen molar-refractivity contribution in [2.24, 2.45) is 0 Å². The minimum atomic E-state index is -0.884. The molecule has 1 rings (SSSR count). The Morgan fingerprint density at radius 1 is 1.64 bits per heavy atom. The second kappa shape index (κ2) is 4.60. The van der Waals surface area contributed by atoms with Crippen LogP contribution >= 0.6 is 0 Å². The molecule has 0 spiro atoms. The van der Waals surface area contributed by atoms with Gasteiger partial charge >= 0.3 is 5.97 Å². The summed E-state index contributed by atoms with van der Waals surface area (Å²) in [6, 6.07) is 0. The van der Waals surface area contributed by atoms with Crippen LogP contribution in [-0.4, -0.2) is 23.3 Å². The molecule has 1 aliphatic rings. The summed E-state index contributed by atoms with van der Waals surface area (Å²) < 4.78 is 5.53. The van der Waals surface area contributed by atoms with Crippen LogP contribution < -0.4 is 0 Å². The van der Waals surface area contributed by atoms with Crippen LogP contribution in [0.1, 0.15) is 39.0 Å². The highest BCUT2D eigenvalue weighted by molar-refractivity contribution is 5.85. The standard InChI is InChI=1S/C11H18O3/c1-3-11(7-8-14-11)6-4-5-9(2)10(12)13/h2-8H2,1H3,(H,12,13). The molecule has 0 radical (unpaired) electrons. The molecule has 3 nitrogen and oxygen atoms in total. The minimum Gasteiger partial charge on any atom is -0.478 e.